The van der Waals surface area contributed by atoms with Crippen molar-refractivity contribution in [3.63, 3.8) is 0 Å². The van der Waals surface area contributed by atoms with Gasteiger partial charge in [0.15, 0.2) is 0 Å². The molecule has 102 valence electrons. The molecule has 0 saturated heterocycles. The van der Waals surface area contributed by atoms with E-state index < -0.39 is 5.97 Å². The highest BCUT2D eigenvalue weighted by atomic mass is 35.5. The lowest BCUT2D eigenvalue weighted by Crippen LogP contribution is -2.05. The monoisotopic (exact) mass is 289 g/mol. The second-order valence-electron chi connectivity index (χ2n) is 4.55. The second-order valence-corrected chi connectivity index (χ2v) is 4.94. The summed E-state index contributed by atoms with van der Waals surface area (Å²) in [5, 5.41) is 10.5. The van der Waals surface area contributed by atoms with Gasteiger partial charge in [-0.15, -0.1) is 0 Å². The molecule has 3 rings (SSSR count). The molecule has 0 fully saturated rings. The minimum Gasteiger partial charge on any atom is -0.478 e. The molecule has 3 aromatic rings. The summed E-state index contributed by atoms with van der Waals surface area (Å²) in [6, 6.07) is 7.42. The number of para-hydroxylation sites is 1. The zero-order chi connectivity index (χ0) is 14.3. The molecule has 0 saturated carbocycles. The Morgan fingerprint density at radius 2 is 2.15 bits per heavy atom. The molecule has 20 heavy (non-hydrogen) atoms. The molecule has 5 nitrogen and oxygen atoms in total. The third kappa shape index (κ3) is 1.96. The number of rotatable bonds is 3. The van der Waals surface area contributed by atoms with Crippen molar-refractivity contribution >= 4 is 28.5 Å². The highest BCUT2D eigenvalue weighted by Crippen LogP contribution is 2.22. The van der Waals surface area contributed by atoms with E-state index in [4.69, 9.17) is 11.6 Å². The van der Waals surface area contributed by atoms with E-state index in [-0.39, 0.29) is 0 Å². The summed E-state index contributed by atoms with van der Waals surface area (Å²) in [4.78, 5) is 15.5. The van der Waals surface area contributed by atoms with Gasteiger partial charge >= 0.3 is 5.97 Å². The van der Waals surface area contributed by atoms with E-state index >= 15 is 0 Å². The highest BCUT2D eigenvalue weighted by molar-refractivity contribution is 6.29. The number of aromatic nitrogens is 3. The van der Waals surface area contributed by atoms with Gasteiger partial charge in [-0.1, -0.05) is 29.8 Å². The molecule has 1 aromatic carbocycles. The first-order valence-electron chi connectivity index (χ1n) is 6.05. The lowest BCUT2D eigenvalue weighted by Gasteiger charge is -2.05. The fourth-order valence-electron chi connectivity index (χ4n) is 2.27. The molecule has 0 unspecified atom stereocenters. The zero-order valence-corrected chi connectivity index (χ0v) is 11.5. The van der Waals surface area contributed by atoms with E-state index in [2.05, 4.69) is 4.98 Å². The first-order valence-corrected chi connectivity index (χ1v) is 6.43. The average molecular weight is 290 g/mol. The van der Waals surface area contributed by atoms with Gasteiger partial charge in [0.05, 0.1) is 18.3 Å². The number of carbonyl (C=O) groups is 1. The lowest BCUT2D eigenvalue weighted by molar-refractivity contribution is 0.0699. The lowest BCUT2D eigenvalue weighted by atomic mass is 10.2. The first-order chi connectivity index (χ1) is 9.58. The predicted octanol–water partition coefficient (Wildman–Crippen LogP) is 2.77. The Labute approximate surface area is 120 Å². The first kappa shape index (κ1) is 12.7. The van der Waals surface area contributed by atoms with Crippen LogP contribution in [0, 0.1) is 0 Å². The van der Waals surface area contributed by atoms with Gasteiger partial charge in [0.25, 0.3) is 0 Å². The Morgan fingerprint density at radius 1 is 1.40 bits per heavy atom. The van der Waals surface area contributed by atoms with E-state index in [1.165, 1.54) is 0 Å². The molecule has 0 aliphatic heterocycles. The Morgan fingerprint density at radius 3 is 2.80 bits per heavy atom. The summed E-state index contributed by atoms with van der Waals surface area (Å²) in [5.74, 6) is -0.162. The Hall–Kier alpha value is -2.27. The van der Waals surface area contributed by atoms with Gasteiger partial charge in [-0.2, -0.15) is 0 Å². The van der Waals surface area contributed by atoms with Crippen LogP contribution in [0.4, 0.5) is 0 Å². The van der Waals surface area contributed by atoms with Gasteiger partial charge in [-0.05, 0) is 6.07 Å². The predicted molar refractivity (Wildman–Crippen MR) is 76.2 cm³/mol. The zero-order valence-electron chi connectivity index (χ0n) is 10.7. The minimum absolute atomic E-state index is 0.293. The quantitative estimate of drug-likeness (QED) is 0.806. The average Bonchev–Trinajstić information content (AvgIpc) is 2.95. The number of carboxylic acid groups (broad SMARTS) is 1. The maximum absolute atomic E-state index is 11.3. The molecule has 1 N–H and O–H groups in total. The van der Waals surface area contributed by atoms with Crippen LogP contribution in [0.3, 0.4) is 0 Å². The minimum atomic E-state index is -0.933. The van der Waals surface area contributed by atoms with Crippen molar-refractivity contribution in [2.75, 3.05) is 0 Å². The van der Waals surface area contributed by atoms with E-state index in [9.17, 15) is 9.90 Å². The molecule has 0 atom stereocenters. The molecule has 0 radical (unpaired) electrons. The standard InChI is InChI=1S/C14H12ClN3O2/c1-17-12(15)6-16-13(17)8-18-7-10(14(19)20)9-4-2-3-5-11(9)18/h2-7H,8H2,1H3,(H,19,20). The number of fused-ring (bicyclic) bond motifs is 1. The van der Waals surface area contributed by atoms with Crippen LogP contribution in [0.25, 0.3) is 10.9 Å². The molecular formula is C14H12ClN3O2. The van der Waals surface area contributed by atoms with Gasteiger partial charge in [-0.3, -0.25) is 0 Å². The molecule has 0 aliphatic carbocycles. The van der Waals surface area contributed by atoms with Crippen LogP contribution >= 0.6 is 11.6 Å². The summed E-state index contributed by atoms with van der Waals surface area (Å²) in [6.45, 7) is 0.469. The summed E-state index contributed by atoms with van der Waals surface area (Å²) >= 11 is 5.97. The van der Waals surface area contributed by atoms with Crippen LogP contribution in [0.2, 0.25) is 5.15 Å². The number of halogens is 1. The van der Waals surface area contributed by atoms with Crippen molar-refractivity contribution in [1.82, 2.24) is 14.1 Å². The van der Waals surface area contributed by atoms with Crippen LogP contribution in [0.15, 0.2) is 36.7 Å². The number of benzene rings is 1. The number of carboxylic acids is 1. The normalized spacial score (nSPS) is 11.1. The van der Waals surface area contributed by atoms with Crippen molar-refractivity contribution in [2.45, 2.75) is 6.54 Å². The Kier molecular flexibility index (Phi) is 2.99. The fourth-order valence-corrected chi connectivity index (χ4v) is 2.42. The molecule has 6 heteroatoms. The van der Waals surface area contributed by atoms with Crippen LogP contribution < -0.4 is 0 Å². The van der Waals surface area contributed by atoms with Crippen molar-refractivity contribution in [1.29, 1.82) is 0 Å². The van der Waals surface area contributed by atoms with Crippen LogP contribution in [0.1, 0.15) is 16.2 Å². The molecule has 0 aliphatic rings. The van der Waals surface area contributed by atoms with E-state index in [0.29, 0.717) is 17.3 Å². The molecular weight excluding hydrogens is 278 g/mol. The van der Waals surface area contributed by atoms with Gasteiger partial charge in [-0.25, -0.2) is 9.78 Å². The van der Waals surface area contributed by atoms with Gasteiger partial charge in [0.2, 0.25) is 0 Å². The van der Waals surface area contributed by atoms with Gasteiger partial charge in [0, 0.05) is 24.1 Å². The maximum atomic E-state index is 11.3. The number of aromatic carboxylic acids is 1. The third-order valence-corrected chi connectivity index (χ3v) is 3.71. The van der Waals surface area contributed by atoms with Crippen LogP contribution in [-0.2, 0) is 13.6 Å². The largest absolute Gasteiger partial charge is 0.478 e. The number of nitrogens with zero attached hydrogens (tertiary/aromatic N) is 3. The number of hydrogen-bond donors (Lipinski definition) is 1. The molecule has 2 heterocycles. The Balaban J connectivity index is 2.12. The van der Waals surface area contributed by atoms with Gasteiger partial charge in [0.1, 0.15) is 11.0 Å². The summed E-state index contributed by atoms with van der Waals surface area (Å²) in [5.41, 5.74) is 1.16. The number of hydrogen-bond acceptors (Lipinski definition) is 2. The summed E-state index contributed by atoms with van der Waals surface area (Å²) in [6.07, 6.45) is 3.22. The van der Waals surface area contributed by atoms with Gasteiger partial charge < -0.3 is 14.2 Å². The molecule has 2 aromatic heterocycles. The fraction of sp³-hybridized carbons (Fsp3) is 0.143. The van der Waals surface area contributed by atoms with E-state index in [1.807, 2.05) is 29.8 Å². The van der Waals surface area contributed by atoms with Crippen molar-refractivity contribution in [2.24, 2.45) is 7.05 Å². The Bertz CT molecular complexity index is 804. The van der Waals surface area contributed by atoms with E-state index in [1.54, 1.807) is 23.0 Å². The molecule has 0 bridgehead atoms. The smallest absolute Gasteiger partial charge is 0.337 e. The highest BCUT2D eigenvalue weighted by Gasteiger charge is 2.15. The maximum Gasteiger partial charge on any atom is 0.337 e. The second kappa shape index (κ2) is 4.68. The van der Waals surface area contributed by atoms with Crippen LogP contribution in [-0.4, -0.2) is 25.2 Å². The van der Waals surface area contributed by atoms with Crippen molar-refractivity contribution in [3.8, 4) is 0 Å². The SMILES string of the molecule is Cn1c(Cl)cnc1Cn1cc(C(=O)O)c2ccccc21. The topological polar surface area (TPSA) is 60.0 Å². The van der Waals surface area contributed by atoms with E-state index in [0.717, 1.165) is 16.7 Å². The van der Waals surface area contributed by atoms with Crippen molar-refractivity contribution in [3.05, 3.63) is 53.2 Å². The summed E-state index contributed by atoms with van der Waals surface area (Å²) < 4.78 is 3.65. The van der Waals surface area contributed by atoms with Crippen LogP contribution in [0.5, 0.6) is 0 Å². The van der Waals surface area contributed by atoms with Crippen molar-refractivity contribution < 1.29 is 9.90 Å². The summed E-state index contributed by atoms with van der Waals surface area (Å²) in [7, 11) is 1.83. The molecule has 0 spiro atoms. The molecule has 0 amide bonds. The number of imidazole rings is 1. The third-order valence-electron chi connectivity index (χ3n) is 3.36.